The van der Waals surface area contributed by atoms with Crippen molar-refractivity contribution in [1.29, 1.82) is 0 Å². The first-order chi connectivity index (χ1) is 10.3. The molecule has 2 rings (SSSR count). The predicted molar refractivity (Wildman–Crippen MR) is 83.6 cm³/mol. The van der Waals surface area contributed by atoms with Gasteiger partial charge in [-0.1, -0.05) is 32.0 Å². The lowest BCUT2D eigenvalue weighted by Gasteiger charge is -2.24. The van der Waals surface area contributed by atoms with Crippen molar-refractivity contribution < 1.29 is 14.2 Å². The van der Waals surface area contributed by atoms with E-state index in [9.17, 15) is 0 Å². The van der Waals surface area contributed by atoms with Crippen LogP contribution in [0, 0.1) is 0 Å². The second-order valence-corrected chi connectivity index (χ2v) is 5.30. The van der Waals surface area contributed by atoms with E-state index >= 15 is 0 Å². The third-order valence-corrected chi connectivity index (χ3v) is 3.52. The molecule has 118 valence electrons. The van der Waals surface area contributed by atoms with Crippen molar-refractivity contribution in [1.82, 2.24) is 5.32 Å². The summed E-state index contributed by atoms with van der Waals surface area (Å²) >= 11 is 0. The molecule has 4 heteroatoms. The Balaban J connectivity index is 2.10. The zero-order valence-corrected chi connectivity index (χ0v) is 13.1. The van der Waals surface area contributed by atoms with E-state index in [2.05, 4.69) is 31.3 Å². The molecule has 0 aromatic heterocycles. The number of para-hydroxylation sites is 1. The van der Waals surface area contributed by atoms with Gasteiger partial charge < -0.3 is 19.5 Å². The number of hydrogen-bond acceptors (Lipinski definition) is 4. The van der Waals surface area contributed by atoms with Gasteiger partial charge in [0, 0.05) is 18.0 Å². The molecule has 0 amide bonds. The van der Waals surface area contributed by atoms with E-state index in [1.54, 1.807) is 0 Å². The highest BCUT2D eigenvalue weighted by Crippen LogP contribution is 2.30. The van der Waals surface area contributed by atoms with E-state index < -0.39 is 0 Å². The van der Waals surface area contributed by atoms with Crippen molar-refractivity contribution >= 4 is 0 Å². The van der Waals surface area contributed by atoms with Crippen LogP contribution in [0.3, 0.4) is 0 Å². The van der Waals surface area contributed by atoms with E-state index in [1.807, 2.05) is 12.1 Å². The van der Waals surface area contributed by atoms with Crippen molar-refractivity contribution in [2.75, 3.05) is 26.4 Å². The highest BCUT2D eigenvalue weighted by molar-refractivity contribution is 5.36. The molecule has 1 aromatic rings. The average molecular weight is 293 g/mol. The van der Waals surface area contributed by atoms with Gasteiger partial charge in [0.1, 0.15) is 5.75 Å². The Kier molecular flexibility index (Phi) is 7.00. The predicted octanol–water partition coefficient (Wildman–Crippen LogP) is 3.28. The van der Waals surface area contributed by atoms with Crippen LogP contribution >= 0.6 is 0 Å². The summed E-state index contributed by atoms with van der Waals surface area (Å²) < 4.78 is 17.1. The largest absolute Gasteiger partial charge is 0.493 e. The Bertz CT molecular complexity index is 405. The first kappa shape index (κ1) is 16.3. The van der Waals surface area contributed by atoms with Gasteiger partial charge in [0.15, 0.2) is 6.29 Å². The lowest BCUT2D eigenvalue weighted by atomic mass is 10.0. The highest BCUT2D eigenvalue weighted by atomic mass is 16.7. The molecule has 1 unspecified atom stereocenters. The van der Waals surface area contributed by atoms with Gasteiger partial charge in [-0.2, -0.15) is 0 Å². The third-order valence-electron chi connectivity index (χ3n) is 3.52. The first-order valence-electron chi connectivity index (χ1n) is 8.03. The first-order valence-corrected chi connectivity index (χ1v) is 8.03. The van der Waals surface area contributed by atoms with Gasteiger partial charge in [-0.25, -0.2) is 0 Å². The molecule has 4 nitrogen and oxygen atoms in total. The standard InChI is InChI=1S/C17H27NO3/c1-3-9-18-15(13-17-20-11-12-21-17)14-7-5-6-8-16(14)19-10-4-2/h5-8,15,17-18H,3-4,9-13H2,1-2H3. The summed E-state index contributed by atoms with van der Waals surface area (Å²) in [7, 11) is 0. The molecule has 0 bridgehead atoms. The van der Waals surface area contributed by atoms with E-state index in [-0.39, 0.29) is 12.3 Å². The zero-order chi connectivity index (χ0) is 14.9. The summed E-state index contributed by atoms with van der Waals surface area (Å²) in [5, 5.41) is 3.59. The number of ether oxygens (including phenoxy) is 3. The van der Waals surface area contributed by atoms with Gasteiger partial charge in [-0.05, 0) is 25.5 Å². The smallest absolute Gasteiger partial charge is 0.159 e. The number of nitrogens with one attached hydrogen (secondary N) is 1. The van der Waals surface area contributed by atoms with Gasteiger partial charge >= 0.3 is 0 Å². The van der Waals surface area contributed by atoms with E-state index in [1.165, 1.54) is 5.56 Å². The molecule has 0 radical (unpaired) electrons. The summed E-state index contributed by atoms with van der Waals surface area (Å²) in [6.07, 6.45) is 2.81. The van der Waals surface area contributed by atoms with E-state index in [4.69, 9.17) is 14.2 Å². The summed E-state index contributed by atoms with van der Waals surface area (Å²) in [5.41, 5.74) is 1.19. The van der Waals surface area contributed by atoms with Crippen molar-refractivity contribution in [3.8, 4) is 5.75 Å². The monoisotopic (exact) mass is 293 g/mol. The van der Waals surface area contributed by atoms with Crippen LogP contribution in [0.1, 0.15) is 44.7 Å². The maximum absolute atomic E-state index is 5.89. The Morgan fingerprint density at radius 2 is 1.95 bits per heavy atom. The van der Waals surface area contributed by atoms with Crippen LogP contribution in [-0.2, 0) is 9.47 Å². The summed E-state index contributed by atoms with van der Waals surface area (Å²) in [5.74, 6) is 0.964. The molecule has 1 atom stereocenters. The maximum atomic E-state index is 5.89. The van der Waals surface area contributed by atoms with Crippen molar-refractivity contribution in [3.63, 3.8) is 0 Å². The fourth-order valence-electron chi connectivity index (χ4n) is 2.49. The molecule has 1 aliphatic heterocycles. The molecule has 1 heterocycles. The number of benzene rings is 1. The van der Waals surface area contributed by atoms with Crippen LogP contribution in [-0.4, -0.2) is 32.7 Å². The molecule has 21 heavy (non-hydrogen) atoms. The van der Waals surface area contributed by atoms with Gasteiger partial charge in [0.25, 0.3) is 0 Å². The quantitative estimate of drug-likeness (QED) is 0.758. The average Bonchev–Trinajstić information content (AvgIpc) is 3.03. The van der Waals surface area contributed by atoms with Gasteiger partial charge in [-0.3, -0.25) is 0 Å². The third kappa shape index (κ3) is 4.99. The maximum Gasteiger partial charge on any atom is 0.159 e. The SMILES string of the molecule is CCCNC(CC1OCCO1)c1ccccc1OCCC. The fourth-order valence-corrected chi connectivity index (χ4v) is 2.49. The Morgan fingerprint density at radius 1 is 1.19 bits per heavy atom. The lowest BCUT2D eigenvalue weighted by molar-refractivity contribution is -0.0531. The van der Waals surface area contributed by atoms with E-state index in [0.29, 0.717) is 13.2 Å². The Labute approximate surface area is 127 Å². The van der Waals surface area contributed by atoms with Crippen LogP contribution in [0.5, 0.6) is 5.75 Å². The van der Waals surface area contributed by atoms with Crippen molar-refractivity contribution in [2.45, 2.75) is 45.4 Å². The second kappa shape index (κ2) is 9.03. The normalized spacial score (nSPS) is 17.0. The summed E-state index contributed by atoms with van der Waals surface area (Å²) in [6.45, 7) is 7.40. The van der Waals surface area contributed by atoms with Crippen LogP contribution < -0.4 is 10.1 Å². The minimum absolute atomic E-state index is 0.112. The van der Waals surface area contributed by atoms with E-state index in [0.717, 1.165) is 38.2 Å². The zero-order valence-electron chi connectivity index (χ0n) is 13.1. The molecule has 1 N–H and O–H groups in total. The second-order valence-electron chi connectivity index (χ2n) is 5.30. The van der Waals surface area contributed by atoms with Gasteiger partial charge in [0.2, 0.25) is 0 Å². The van der Waals surface area contributed by atoms with Crippen molar-refractivity contribution in [3.05, 3.63) is 29.8 Å². The van der Waals surface area contributed by atoms with Crippen LogP contribution in [0.4, 0.5) is 0 Å². The highest BCUT2D eigenvalue weighted by Gasteiger charge is 2.24. The number of hydrogen-bond donors (Lipinski definition) is 1. The topological polar surface area (TPSA) is 39.7 Å². The van der Waals surface area contributed by atoms with Crippen LogP contribution in [0.2, 0.25) is 0 Å². The lowest BCUT2D eigenvalue weighted by Crippen LogP contribution is -2.27. The molecule has 0 aliphatic carbocycles. The Morgan fingerprint density at radius 3 is 2.67 bits per heavy atom. The Hall–Kier alpha value is -1.10. The summed E-state index contributed by atoms with van der Waals surface area (Å²) in [4.78, 5) is 0. The fraction of sp³-hybridized carbons (Fsp3) is 0.647. The molecular formula is C17H27NO3. The minimum atomic E-state index is -0.112. The molecule has 1 fully saturated rings. The number of rotatable bonds is 9. The molecular weight excluding hydrogens is 266 g/mol. The van der Waals surface area contributed by atoms with Crippen LogP contribution in [0.15, 0.2) is 24.3 Å². The summed E-state index contributed by atoms with van der Waals surface area (Å²) in [6, 6.07) is 8.45. The molecule has 0 spiro atoms. The molecule has 1 aromatic carbocycles. The minimum Gasteiger partial charge on any atom is -0.493 e. The molecule has 1 saturated heterocycles. The van der Waals surface area contributed by atoms with Gasteiger partial charge in [0.05, 0.1) is 19.8 Å². The van der Waals surface area contributed by atoms with Crippen molar-refractivity contribution in [2.24, 2.45) is 0 Å². The van der Waals surface area contributed by atoms with Crippen LogP contribution in [0.25, 0.3) is 0 Å². The van der Waals surface area contributed by atoms with Gasteiger partial charge in [-0.15, -0.1) is 0 Å². The molecule has 1 aliphatic rings. The molecule has 0 saturated carbocycles.